The average molecular weight is 581 g/mol. The number of methoxy groups -OCH3 is 4. The Hall–Kier alpha value is -3.85. The zero-order valence-corrected chi connectivity index (χ0v) is 23.1. The first-order valence-electron chi connectivity index (χ1n) is 12.1. The number of halogens is 1. The van der Waals surface area contributed by atoms with Crippen LogP contribution in [0.2, 0.25) is 0 Å². The van der Waals surface area contributed by atoms with E-state index in [1.54, 1.807) is 27.4 Å². The molecular weight excluding hydrogens is 552 g/mol. The molecule has 2 aliphatic rings. The second-order valence-corrected chi connectivity index (χ2v) is 10.0. The monoisotopic (exact) mass is 580 g/mol. The molecule has 9 heteroatoms. The molecule has 198 valence electrons. The molecule has 3 aromatic carbocycles. The number of hydrogen-bond acceptors (Lipinski definition) is 8. The molecule has 1 aliphatic carbocycles. The Morgan fingerprint density at radius 1 is 0.842 bits per heavy atom. The smallest absolute Gasteiger partial charge is 0.203 e. The maximum absolute atomic E-state index is 13.9. The van der Waals surface area contributed by atoms with Gasteiger partial charge in [0.15, 0.2) is 28.8 Å². The van der Waals surface area contributed by atoms with Crippen molar-refractivity contribution in [2.24, 2.45) is 0 Å². The Morgan fingerprint density at radius 3 is 2.11 bits per heavy atom. The van der Waals surface area contributed by atoms with E-state index in [1.807, 2.05) is 42.5 Å². The third-order valence-electron chi connectivity index (χ3n) is 7.07. The second kappa shape index (κ2) is 10.5. The molecule has 38 heavy (non-hydrogen) atoms. The Morgan fingerprint density at radius 2 is 1.47 bits per heavy atom. The average Bonchev–Trinajstić information content (AvgIpc) is 3.10. The van der Waals surface area contributed by atoms with Crippen LogP contribution in [0.15, 0.2) is 64.3 Å². The molecule has 0 fully saturated rings. The van der Waals surface area contributed by atoms with Gasteiger partial charge in [-0.1, -0.05) is 12.1 Å². The number of nitrogens with one attached hydrogen (secondary N) is 2. The molecular formula is C29H29BrN2O6. The lowest BCUT2D eigenvalue weighted by molar-refractivity contribution is -0.116. The molecule has 0 radical (unpaired) electrons. The topological polar surface area (TPSA) is 98.3 Å². The van der Waals surface area contributed by atoms with Crippen LogP contribution in [0.4, 0.5) is 11.4 Å². The highest BCUT2D eigenvalue weighted by Gasteiger charge is 2.37. The molecule has 8 nitrogen and oxygen atoms in total. The lowest BCUT2D eigenvalue weighted by atomic mass is 9.78. The van der Waals surface area contributed by atoms with Crippen LogP contribution in [0.1, 0.15) is 35.9 Å². The molecule has 0 saturated heterocycles. The summed E-state index contributed by atoms with van der Waals surface area (Å²) < 4.78 is 22.5. The van der Waals surface area contributed by atoms with Crippen molar-refractivity contribution in [1.82, 2.24) is 0 Å². The molecule has 0 unspecified atom stereocenters. The van der Waals surface area contributed by atoms with Crippen LogP contribution in [0.5, 0.6) is 28.7 Å². The zero-order valence-electron chi connectivity index (χ0n) is 21.6. The van der Waals surface area contributed by atoms with Gasteiger partial charge in [0.05, 0.1) is 50.3 Å². The summed E-state index contributed by atoms with van der Waals surface area (Å²) in [7, 11) is 6.23. The van der Waals surface area contributed by atoms with Crippen molar-refractivity contribution in [2.75, 3.05) is 39.1 Å². The third kappa shape index (κ3) is 4.51. The van der Waals surface area contributed by atoms with Crippen LogP contribution in [0.25, 0.3) is 0 Å². The second-order valence-electron chi connectivity index (χ2n) is 9.18. The van der Waals surface area contributed by atoms with Crippen molar-refractivity contribution >= 4 is 33.1 Å². The number of ketones is 1. The van der Waals surface area contributed by atoms with Gasteiger partial charge in [-0.2, -0.15) is 0 Å². The third-order valence-corrected chi connectivity index (χ3v) is 7.68. The highest BCUT2D eigenvalue weighted by molar-refractivity contribution is 9.10. The highest BCUT2D eigenvalue weighted by atomic mass is 79.9. The fraction of sp³-hybridized carbons (Fsp3) is 0.276. The van der Waals surface area contributed by atoms with Crippen molar-refractivity contribution in [2.45, 2.75) is 24.8 Å². The van der Waals surface area contributed by atoms with E-state index >= 15 is 0 Å². The molecule has 2 atom stereocenters. The van der Waals surface area contributed by atoms with E-state index in [9.17, 15) is 9.90 Å². The first kappa shape index (κ1) is 25.8. The number of fused-ring (bicyclic) bond motifs is 1. The highest BCUT2D eigenvalue weighted by Crippen LogP contribution is 2.48. The molecule has 0 bridgehead atoms. The van der Waals surface area contributed by atoms with E-state index < -0.39 is 6.04 Å². The van der Waals surface area contributed by atoms with Crippen LogP contribution < -0.4 is 29.6 Å². The summed E-state index contributed by atoms with van der Waals surface area (Å²) in [6.07, 6.45) is 0.909. The molecule has 5 rings (SSSR count). The summed E-state index contributed by atoms with van der Waals surface area (Å²) in [4.78, 5) is 13.9. The van der Waals surface area contributed by atoms with Gasteiger partial charge in [-0.05, 0) is 75.8 Å². The summed E-state index contributed by atoms with van der Waals surface area (Å²) in [5.74, 6) is 1.86. The summed E-state index contributed by atoms with van der Waals surface area (Å²) >= 11 is 3.43. The molecule has 0 saturated carbocycles. The molecule has 0 spiro atoms. The number of rotatable bonds is 6. The molecule has 0 aromatic heterocycles. The number of phenols is 1. The number of benzene rings is 3. The molecule has 0 amide bonds. The van der Waals surface area contributed by atoms with Crippen LogP contribution in [0.3, 0.4) is 0 Å². The van der Waals surface area contributed by atoms with Gasteiger partial charge in [0.2, 0.25) is 5.75 Å². The first-order chi connectivity index (χ1) is 18.4. The van der Waals surface area contributed by atoms with Gasteiger partial charge in [-0.15, -0.1) is 0 Å². The van der Waals surface area contributed by atoms with Crippen LogP contribution in [0, 0.1) is 0 Å². The lowest BCUT2D eigenvalue weighted by Crippen LogP contribution is -2.27. The number of Topliss-reactive ketones (excluding diaryl/α,β-unsaturated/α-hetero) is 1. The maximum atomic E-state index is 13.9. The summed E-state index contributed by atoms with van der Waals surface area (Å²) in [5.41, 5.74) is 4.96. The van der Waals surface area contributed by atoms with Gasteiger partial charge >= 0.3 is 0 Å². The summed E-state index contributed by atoms with van der Waals surface area (Å²) in [5, 5.41) is 17.5. The predicted molar refractivity (Wildman–Crippen MR) is 149 cm³/mol. The Bertz CT molecular complexity index is 1410. The fourth-order valence-electron chi connectivity index (χ4n) is 5.23. The quantitative estimate of drug-likeness (QED) is 0.318. The minimum atomic E-state index is -0.458. The standard InChI is InChI=1S/C29H29BrN2O6/c1-35-23-14-17(9-18(30)28(23)34)27-26-21(31-19-7-5-6-8-20(19)32-27)10-15(11-22(26)33)16-12-24(36-2)29(38-4)25(13-16)37-3/h5-9,12-15,27,31-32,34H,10-11H2,1-4H3/t15-,27-/m1/s1. The van der Waals surface area contributed by atoms with Crippen LogP contribution in [-0.4, -0.2) is 39.3 Å². The van der Waals surface area contributed by atoms with E-state index in [0.717, 1.165) is 28.2 Å². The number of hydrogen-bond donors (Lipinski definition) is 3. The van der Waals surface area contributed by atoms with Gasteiger partial charge in [-0.3, -0.25) is 4.79 Å². The Labute approximate surface area is 229 Å². The molecule has 3 aromatic rings. The van der Waals surface area contributed by atoms with E-state index in [2.05, 4.69) is 26.6 Å². The predicted octanol–water partition coefficient (Wildman–Crippen LogP) is 6.17. The first-order valence-corrected chi connectivity index (χ1v) is 12.9. The number of ether oxygens (including phenoxy) is 4. The number of anilines is 2. The fourth-order valence-corrected chi connectivity index (χ4v) is 5.69. The van der Waals surface area contributed by atoms with E-state index in [0.29, 0.717) is 45.9 Å². The number of allylic oxidation sites excluding steroid dienone is 1. The summed E-state index contributed by atoms with van der Waals surface area (Å²) in [6.45, 7) is 0. The van der Waals surface area contributed by atoms with Crippen molar-refractivity contribution in [1.29, 1.82) is 0 Å². The minimum Gasteiger partial charge on any atom is -0.503 e. The minimum absolute atomic E-state index is 0.00929. The molecule has 1 heterocycles. The van der Waals surface area contributed by atoms with Crippen molar-refractivity contribution in [3.05, 3.63) is 75.4 Å². The molecule has 1 aliphatic heterocycles. The Kier molecular flexibility index (Phi) is 7.12. The van der Waals surface area contributed by atoms with Crippen LogP contribution >= 0.6 is 15.9 Å². The van der Waals surface area contributed by atoms with E-state index in [1.165, 1.54) is 7.11 Å². The SMILES string of the molecule is COc1cc([C@H]2Nc3ccccc3NC3=C2C(=O)C[C@H](c2cc(OC)c(OC)c(OC)c2)C3)cc(Br)c1O. The van der Waals surface area contributed by atoms with Gasteiger partial charge in [-0.25, -0.2) is 0 Å². The Balaban J connectivity index is 1.62. The number of para-hydroxylation sites is 2. The van der Waals surface area contributed by atoms with Crippen molar-refractivity contribution < 1.29 is 28.8 Å². The number of aromatic hydroxyl groups is 1. The number of phenolic OH excluding ortho intramolecular Hbond substituents is 1. The van der Waals surface area contributed by atoms with Gasteiger partial charge < -0.3 is 34.7 Å². The maximum Gasteiger partial charge on any atom is 0.203 e. The van der Waals surface area contributed by atoms with E-state index in [-0.39, 0.29) is 17.5 Å². The van der Waals surface area contributed by atoms with Gasteiger partial charge in [0, 0.05) is 17.7 Å². The number of carbonyl (C=O) groups excluding carboxylic acids is 1. The van der Waals surface area contributed by atoms with Crippen LogP contribution in [-0.2, 0) is 4.79 Å². The summed E-state index contributed by atoms with van der Waals surface area (Å²) in [6, 6.07) is 14.8. The van der Waals surface area contributed by atoms with E-state index in [4.69, 9.17) is 18.9 Å². The zero-order chi connectivity index (χ0) is 27.0. The molecule has 3 N–H and O–H groups in total. The number of carbonyl (C=O) groups is 1. The normalized spacial score (nSPS) is 18.4. The largest absolute Gasteiger partial charge is 0.503 e. The van der Waals surface area contributed by atoms with Crippen molar-refractivity contribution in [3.63, 3.8) is 0 Å². The van der Waals surface area contributed by atoms with Gasteiger partial charge in [0.1, 0.15) is 0 Å². The van der Waals surface area contributed by atoms with Gasteiger partial charge in [0.25, 0.3) is 0 Å². The van der Waals surface area contributed by atoms with Crippen molar-refractivity contribution in [3.8, 4) is 28.7 Å². The lowest BCUT2D eigenvalue weighted by Gasteiger charge is -2.30.